The molecule has 1 aromatic heterocycles. The molecule has 0 aliphatic carbocycles. The van der Waals surface area contributed by atoms with Crippen LogP contribution < -0.4 is 16.0 Å². The van der Waals surface area contributed by atoms with Crippen LogP contribution in [0.5, 0.6) is 0 Å². The Morgan fingerprint density at radius 1 is 1.57 bits per heavy atom. The van der Waals surface area contributed by atoms with Crippen LogP contribution in [-0.4, -0.2) is 24.5 Å². The van der Waals surface area contributed by atoms with Crippen LogP contribution in [0.3, 0.4) is 0 Å². The van der Waals surface area contributed by atoms with Crippen molar-refractivity contribution in [2.75, 3.05) is 29.5 Å². The Morgan fingerprint density at radius 2 is 2.29 bits per heavy atom. The number of nitrogen functional groups attached to an aromatic ring is 1. The molecule has 1 aromatic carbocycles. The predicted octanol–water partition coefficient (Wildman–Crippen LogP) is 3.85. The Morgan fingerprint density at radius 3 is 2.90 bits per heavy atom. The molecule has 1 heterocycles. The molecule has 0 aliphatic rings. The van der Waals surface area contributed by atoms with E-state index in [0.717, 1.165) is 11.7 Å². The Balaban J connectivity index is 2.20. The number of benzene rings is 1. The van der Waals surface area contributed by atoms with Gasteiger partial charge in [-0.25, -0.2) is 4.98 Å². The molecule has 0 saturated carbocycles. The quantitative estimate of drug-likeness (QED) is 0.833. The summed E-state index contributed by atoms with van der Waals surface area (Å²) in [6, 6.07) is 5.16. The molecule has 3 N–H and O–H groups in total. The Bertz CT molecular complexity index is 676. The van der Waals surface area contributed by atoms with E-state index >= 15 is 0 Å². The average molecular weight is 390 g/mol. The zero-order chi connectivity index (χ0) is 15.6. The molecule has 0 atom stereocenters. The SMILES string of the molecule is CCN(C)c1nc(N)c(C(=O)Nc2ccc(Cl)c(Br)c2)s1. The van der Waals surface area contributed by atoms with Crippen molar-refractivity contribution in [2.45, 2.75) is 6.92 Å². The summed E-state index contributed by atoms with van der Waals surface area (Å²) in [5.74, 6) is -0.0456. The van der Waals surface area contributed by atoms with Crippen LogP contribution >= 0.6 is 38.9 Å². The maximum Gasteiger partial charge on any atom is 0.269 e. The second-order valence-corrected chi connectivity index (χ2v) is 6.55. The first-order valence-corrected chi connectivity index (χ1v) is 8.15. The van der Waals surface area contributed by atoms with Crippen molar-refractivity contribution in [3.05, 3.63) is 32.6 Å². The molecule has 21 heavy (non-hydrogen) atoms. The van der Waals surface area contributed by atoms with Gasteiger partial charge in [0.1, 0.15) is 10.7 Å². The topological polar surface area (TPSA) is 71.2 Å². The van der Waals surface area contributed by atoms with Crippen LogP contribution in [0.15, 0.2) is 22.7 Å². The van der Waals surface area contributed by atoms with Gasteiger partial charge in [0.05, 0.1) is 5.02 Å². The van der Waals surface area contributed by atoms with Gasteiger partial charge >= 0.3 is 0 Å². The third-order valence-electron chi connectivity index (χ3n) is 2.83. The van der Waals surface area contributed by atoms with Crippen molar-refractivity contribution in [1.82, 2.24) is 4.98 Å². The largest absolute Gasteiger partial charge is 0.382 e. The highest BCUT2D eigenvalue weighted by Gasteiger charge is 2.18. The zero-order valence-electron chi connectivity index (χ0n) is 11.5. The van der Waals surface area contributed by atoms with E-state index in [-0.39, 0.29) is 11.7 Å². The minimum Gasteiger partial charge on any atom is -0.382 e. The fraction of sp³-hybridized carbons (Fsp3) is 0.231. The number of aromatic nitrogens is 1. The van der Waals surface area contributed by atoms with Crippen molar-refractivity contribution in [3.63, 3.8) is 0 Å². The van der Waals surface area contributed by atoms with Gasteiger partial charge in [-0.1, -0.05) is 22.9 Å². The maximum atomic E-state index is 12.3. The van der Waals surface area contributed by atoms with E-state index < -0.39 is 0 Å². The first kappa shape index (κ1) is 16.1. The number of nitrogens with two attached hydrogens (primary N) is 1. The minimum atomic E-state index is -0.282. The molecule has 0 spiro atoms. The first-order chi connectivity index (χ1) is 9.92. The number of anilines is 3. The van der Waals surface area contributed by atoms with Gasteiger partial charge < -0.3 is 16.0 Å². The molecule has 0 radical (unpaired) electrons. The summed E-state index contributed by atoms with van der Waals surface area (Å²) in [6.45, 7) is 2.79. The molecule has 0 aliphatic heterocycles. The van der Waals surface area contributed by atoms with E-state index in [9.17, 15) is 4.79 Å². The van der Waals surface area contributed by atoms with E-state index in [2.05, 4.69) is 26.2 Å². The number of hydrogen-bond acceptors (Lipinski definition) is 5. The molecule has 0 saturated heterocycles. The molecule has 8 heteroatoms. The van der Waals surface area contributed by atoms with Crippen molar-refractivity contribution < 1.29 is 4.79 Å². The molecule has 1 amide bonds. The number of hydrogen-bond donors (Lipinski definition) is 2. The summed E-state index contributed by atoms with van der Waals surface area (Å²) < 4.78 is 0.714. The average Bonchev–Trinajstić information content (AvgIpc) is 2.84. The zero-order valence-corrected chi connectivity index (χ0v) is 14.6. The number of rotatable bonds is 4. The lowest BCUT2D eigenvalue weighted by molar-refractivity contribution is 0.103. The first-order valence-electron chi connectivity index (χ1n) is 6.16. The second-order valence-electron chi connectivity index (χ2n) is 4.31. The molecule has 0 fully saturated rings. The van der Waals surface area contributed by atoms with Gasteiger partial charge in [0.15, 0.2) is 5.13 Å². The number of amides is 1. The smallest absolute Gasteiger partial charge is 0.269 e. The van der Waals surface area contributed by atoms with Crippen molar-refractivity contribution >= 4 is 61.4 Å². The number of halogens is 2. The highest BCUT2D eigenvalue weighted by atomic mass is 79.9. The van der Waals surface area contributed by atoms with Gasteiger partial charge in [-0.05, 0) is 41.1 Å². The van der Waals surface area contributed by atoms with Crippen LogP contribution in [0.1, 0.15) is 16.6 Å². The molecule has 5 nitrogen and oxygen atoms in total. The number of carbonyl (C=O) groups is 1. The minimum absolute atomic E-state index is 0.237. The van der Waals surface area contributed by atoms with Gasteiger partial charge in [0, 0.05) is 23.8 Å². The van der Waals surface area contributed by atoms with E-state index in [1.807, 2.05) is 18.9 Å². The summed E-state index contributed by atoms with van der Waals surface area (Å²) in [7, 11) is 1.90. The number of nitrogens with one attached hydrogen (secondary N) is 1. The van der Waals surface area contributed by atoms with Gasteiger partial charge in [0.2, 0.25) is 0 Å². The lowest BCUT2D eigenvalue weighted by Crippen LogP contribution is -2.15. The van der Waals surface area contributed by atoms with E-state index in [4.69, 9.17) is 17.3 Å². The fourth-order valence-corrected chi connectivity index (χ4v) is 2.94. The number of thiazole rings is 1. The monoisotopic (exact) mass is 388 g/mol. The lowest BCUT2D eigenvalue weighted by Gasteiger charge is -2.10. The number of carbonyl (C=O) groups excluding carboxylic acids is 1. The normalized spacial score (nSPS) is 10.5. The van der Waals surface area contributed by atoms with Gasteiger partial charge in [-0.3, -0.25) is 4.79 Å². The predicted molar refractivity (Wildman–Crippen MR) is 92.6 cm³/mol. The third kappa shape index (κ3) is 3.66. The Kier molecular flexibility index (Phi) is 5.08. The number of nitrogens with zero attached hydrogens (tertiary/aromatic N) is 2. The van der Waals surface area contributed by atoms with Crippen LogP contribution in [0.4, 0.5) is 16.6 Å². The molecule has 2 aromatic rings. The summed E-state index contributed by atoms with van der Waals surface area (Å²) >= 11 is 10.5. The standard InChI is InChI=1S/C13H14BrClN4OS/c1-3-19(2)13-18-11(16)10(21-13)12(20)17-7-4-5-9(15)8(14)6-7/h4-6H,3,16H2,1-2H3,(H,17,20). The van der Waals surface area contributed by atoms with E-state index in [1.54, 1.807) is 18.2 Å². The van der Waals surface area contributed by atoms with Crippen molar-refractivity contribution in [2.24, 2.45) is 0 Å². The fourth-order valence-electron chi connectivity index (χ4n) is 1.54. The summed E-state index contributed by atoms with van der Waals surface area (Å²) in [6.07, 6.45) is 0. The van der Waals surface area contributed by atoms with Crippen molar-refractivity contribution in [1.29, 1.82) is 0 Å². The molecular weight excluding hydrogens is 376 g/mol. The Labute approximate surface area is 140 Å². The molecule has 112 valence electrons. The summed E-state index contributed by atoms with van der Waals surface area (Å²) in [4.78, 5) is 18.8. The van der Waals surface area contributed by atoms with Crippen molar-refractivity contribution in [3.8, 4) is 0 Å². The van der Waals surface area contributed by atoms with Gasteiger partial charge in [0.25, 0.3) is 5.91 Å². The molecule has 0 bridgehead atoms. The van der Waals surface area contributed by atoms with Gasteiger partial charge in [-0.15, -0.1) is 0 Å². The molecule has 2 rings (SSSR count). The molecule has 0 unspecified atom stereocenters. The van der Waals surface area contributed by atoms with E-state index in [1.165, 1.54) is 11.3 Å². The second kappa shape index (κ2) is 6.64. The maximum absolute atomic E-state index is 12.3. The highest BCUT2D eigenvalue weighted by molar-refractivity contribution is 9.10. The van der Waals surface area contributed by atoms with Gasteiger partial charge in [-0.2, -0.15) is 0 Å². The molecular formula is C13H14BrClN4OS. The summed E-state index contributed by atoms with van der Waals surface area (Å²) in [5, 5.41) is 4.08. The third-order valence-corrected chi connectivity index (χ3v) is 5.22. The van der Waals surface area contributed by atoms with Crippen LogP contribution in [0.2, 0.25) is 5.02 Å². The summed E-state index contributed by atoms with van der Waals surface area (Å²) in [5.41, 5.74) is 6.46. The van der Waals surface area contributed by atoms with Crippen LogP contribution in [0.25, 0.3) is 0 Å². The van der Waals surface area contributed by atoms with Crippen LogP contribution in [0, 0.1) is 0 Å². The highest BCUT2D eigenvalue weighted by Crippen LogP contribution is 2.29. The van der Waals surface area contributed by atoms with E-state index in [0.29, 0.717) is 20.1 Å². The lowest BCUT2D eigenvalue weighted by atomic mass is 10.3. The Hall–Kier alpha value is -1.31. The van der Waals surface area contributed by atoms with Crippen LogP contribution in [-0.2, 0) is 0 Å².